The van der Waals surface area contributed by atoms with Gasteiger partial charge in [-0.15, -0.1) is 0 Å². The average molecular weight is 419 g/mol. The molecule has 0 spiro atoms. The highest BCUT2D eigenvalue weighted by Crippen LogP contribution is 2.31. The lowest BCUT2D eigenvalue weighted by atomic mass is 9.98. The number of rotatable bonds is 5. The molecule has 0 amide bonds. The van der Waals surface area contributed by atoms with Crippen molar-refractivity contribution in [1.29, 1.82) is 0 Å². The van der Waals surface area contributed by atoms with Crippen molar-refractivity contribution < 1.29 is 9.26 Å². The molecule has 0 radical (unpaired) electrons. The van der Waals surface area contributed by atoms with E-state index in [2.05, 4.69) is 43.0 Å². The quantitative estimate of drug-likeness (QED) is 0.528. The zero-order valence-corrected chi connectivity index (χ0v) is 18.1. The third-order valence-corrected chi connectivity index (χ3v) is 5.77. The number of aromatic nitrogens is 4. The molecule has 1 aromatic carbocycles. The summed E-state index contributed by atoms with van der Waals surface area (Å²) in [5.74, 6) is 2.70. The van der Waals surface area contributed by atoms with Gasteiger partial charge in [0.25, 0.3) is 0 Å². The summed E-state index contributed by atoms with van der Waals surface area (Å²) >= 11 is 0. The molecule has 3 aromatic heterocycles. The number of nitrogens with zero attached hydrogens (tertiary/aromatic N) is 5. The fourth-order valence-electron chi connectivity index (χ4n) is 4.25. The first-order valence-electron chi connectivity index (χ1n) is 10.5. The molecular formula is C23H26N6O2. The highest BCUT2D eigenvalue weighted by atomic mass is 16.5. The van der Waals surface area contributed by atoms with Gasteiger partial charge in [-0.05, 0) is 31.9 Å². The van der Waals surface area contributed by atoms with E-state index in [0.29, 0.717) is 19.8 Å². The Morgan fingerprint density at radius 1 is 1.06 bits per heavy atom. The minimum atomic E-state index is 0.657. The van der Waals surface area contributed by atoms with E-state index >= 15 is 0 Å². The lowest BCUT2D eigenvalue weighted by Crippen LogP contribution is -2.37. The number of aryl methyl sites for hydroxylation is 3. The normalized spacial score (nSPS) is 14.4. The maximum absolute atomic E-state index is 5.49. The Bertz CT molecular complexity index is 1200. The Hall–Kier alpha value is -3.39. The van der Waals surface area contributed by atoms with Crippen LogP contribution in [-0.4, -0.2) is 45.8 Å². The molecule has 1 fully saturated rings. The standard InChI is InChI=1S/C23H26N6O2/c1-15-20(17(3)31-27-15)19-7-5-4-6-18(19)14-25-21-16(2)26-23-22(24-8-9-29(21)23)28-10-12-30-13-11-28/h4-9,25H,10-14H2,1-3H3. The van der Waals surface area contributed by atoms with E-state index in [-0.39, 0.29) is 0 Å². The van der Waals surface area contributed by atoms with E-state index in [4.69, 9.17) is 14.2 Å². The van der Waals surface area contributed by atoms with Crippen molar-refractivity contribution >= 4 is 17.3 Å². The largest absolute Gasteiger partial charge is 0.378 e. The zero-order chi connectivity index (χ0) is 21.4. The number of nitrogens with one attached hydrogen (secondary N) is 1. The number of hydrogen-bond donors (Lipinski definition) is 1. The van der Waals surface area contributed by atoms with Crippen molar-refractivity contribution in [2.45, 2.75) is 27.3 Å². The Kier molecular flexibility index (Phi) is 5.07. The zero-order valence-electron chi connectivity index (χ0n) is 18.1. The van der Waals surface area contributed by atoms with Gasteiger partial charge in [-0.3, -0.25) is 4.40 Å². The van der Waals surface area contributed by atoms with Gasteiger partial charge in [0.2, 0.25) is 0 Å². The molecule has 0 aliphatic carbocycles. The van der Waals surface area contributed by atoms with E-state index in [9.17, 15) is 0 Å². The fourth-order valence-corrected chi connectivity index (χ4v) is 4.25. The first kappa shape index (κ1) is 19.6. The summed E-state index contributed by atoms with van der Waals surface area (Å²) in [7, 11) is 0. The second kappa shape index (κ2) is 8.03. The van der Waals surface area contributed by atoms with Gasteiger partial charge in [0, 0.05) is 37.6 Å². The van der Waals surface area contributed by atoms with E-state index in [1.807, 2.05) is 39.2 Å². The third kappa shape index (κ3) is 3.53. The van der Waals surface area contributed by atoms with Crippen LogP contribution in [0.2, 0.25) is 0 Å². The first-order valence-corrected chi connectivity index (χ1v) is 10.5. The van der Waals surface area contributed by atoms with Crippen LogP contribution >= 0.6 is 0 Å². The molecule has 0 atom stereocenters. The number of benzene rings is 1. The molecule has 4 heterocycles. The van der Waals surface area contributed by atoms with Crippen molar-refractivity contribution in [1.82, 2.24) is 19.5 Å². The molecule has 160 valence electrons. The van der Waals surface area contributed by atoms with E-state index < -0.39 is 0 Å². The number of morpholine rings is 1. The molecule has 8 heteroatoms. The number of hydrogen-bond acceptors (Lipinski definition) is 7. The predicted molar refractivity (Wildman–Crippen MR) is 119 cm³/mol. The Morgan fingerprint density at radius 3 is 2.65 bits per heavy atom. The molecule has 4 aromatic rings. The number of ether oxygens (including phenoxy) is 1. The SMILES string of the molecule is Cc1noc(C)c1-c1ccccc1CNc1c(C)nc2c(N3CCOCC3)nccn12. The highest BCUT2D eigenvalue weighted by molar-refractivity contribution is 5.72. The lowest BCUT2D eigenvalue weighted by molar-refractivity contribution is 0.122. The van der Waals surface area contributed by atoms with E-state index in [1.54, 1.807) is 0 Å². The van der Waals surface area contributed by atoms with Crippen LogP contribution in [-0.2, 0) is 11.3 Å². The fraction of sp³-hybridized carbons (Fsp3) is 0.348. The van der Waals surface area contributed by atoms with Crippen molar-refractivity contribution in [3.05, 3.63) is 59.4 Å². The van der Waals surface area contributed by atoms with Crippen molar-refractivity contribution in [3.8, 4) is 11.1 Å². The van der Waals surface area contributed by atoms with Crippen LogP contribution in [0.5, 0.6) is 0 Å². The van der Waals surface area contributed by atoms with Gasteiger partial charge in [0.05, 0.1) is 24.6 Å². The molecule has 8 nitrogen and oxygen atoms in total. The van der Waals surface area contributed by atoms with E-state index in [1.165, 1.54) is 5.56 Å². The number of anilines is 2. The molecule has 1 aliphatic rings. The molecule has 5 rings (SSSR count). The Balaban J connectivity index is 1.47. The van der Waals surface area contributed by atoms with Gasteiger partial charge in [-0.1, -0.05) is 29.4 Å². The summed E-state index contributed by atoms with van der Waals surface area (Å²) < 4.78 is 13.0. The summed E-state index contributed by atoms with van der Waals surface area (Å²) in [5, 5.41) is 7.72. The second-order valence-corrected chi connectivity index (χ2v) is 7.80. The monoisotopic (exact) mass is 418 g/mol. The predicted octanol–water partition coefficient (Wildman–Crippen LogP) is 3.76. The molecule has 1 N–H and O–H groups in total. The average Bonchev–Trinajstić information content (AvgIpc) is 3.30. The second-order valence-electron chi connectivity index (χ2n) is 7.80. The molecule has 1 saturated heterocycles. The van der Waals surface area contributed by atoms with Crippen LogP contribution in [0.1, 0.15) is 22.7 Å². The minimum Gasteiger partial charge on any atom is -0.378 e. The van der Waals surface area contributed by atoms with Gasteiger partial charge >= 0.3 is 0 Å². The van der Waals surface area contributed by atoms with Crippen LogP contribution in [0.3, 0.4) is 0 Å². The summed E-state index contributed by atoms with van der Waals surface area (Å²) in [4.78, 5) is 11.7. The minimum absolute atomic E-state index is 0.657. The van der Waals surface area contributed by atoms with Crippen LogP contribution in [0.4, 0.5) is 11.6 Å². The van der Waals surface area contributed by atoms with Crippen molar-refractivity contribution in [3.63, 3.8) is 0 Å². The summed E-state index contributed by atoms with van der Waals surface area (Å²) in [6, 6.07) is 8.35. The smallest absolute Gasteiger partial charge is 0.182 e. The maximum atomic E-state index is 5.49. The third-order valence-electron chi connectivity index (χ3n) is 5.77. The topological polar surface area (TPSA) is 80.7 Å². The lowest BCUT2D eigenvalue weighted by Gasteiger charge is -2.27. The Morgan fingerprint density at radius 2 is 1.87 bits per heavy atom. The van der Waals surface area contributed by atoms with Gasteiger partial charge in [-0.2, -0.15) is 0 Å². The van der Waals surface area contributed by atoms with Crippen LogP contribution in [0, 0.1) is 20.8 Å². The van der Waals surface area contributed by atoms with Crippen LogP contribution < -0.4 is 10.2 Å². The molecule has 31 heavy (non-hydrogen) atoms. The Labute approximate surface area is 180 Å². The van der Waals surface area contributed by atoms with Gasteiger partial charge in [-0.25, -0.2) is 9.97 Å². The summed E-state index contributed by atoms with van der Waals surface area (Å²) in [6.07, 6.45) is 3.80. The van der Waals surface area contributed by atoms with Crippen LogP contribution in [0.25, 0.3) is 16.8 Å². The number of fused-ring (bicyclic) bond motifs is 1. The van der Waals surface area contributed by atoms with Crippen molar-refractivity contribution in [2.24, 2.45) is 0 Å². The highest BCUT2D eigenvalue weighted by Gasteiger charge is 2.20. The van der Waals surface area contributed by atoms with Crippen molar-refractivity contribution in [2.75, 3.05) is 36.5 Å². The maximum Gasteiger partial charge on any atom is 0.182 e. The van der Waals surface area contributed by atoms with E-state index in [0.717, 1.165) is 58.6 Å². The first-order chi connectivity index (χ1) is 15.1. The van der Waals surface area contributed by atoms with Gasteiger partial charge in [0.15, 0.2) is 11.5 Å². The molecular weight excluding hydrogens is 392 g/mol. The molecule has 0 unspecified atom stereocenters. The molecule has 1 aliphatic heterocycles. The summed E-state index contributed by atoms with van der Waals surface area (Å²) in [5.41, 5.74) is 6.08. The van der Waals surface area contributed by atoms with Gasteiger partial charge < -0.3 is 19.5 Å². The summed E-state index contributed by atoms with van der Waals surface area (Å²) in [6.45, 7) is 9.69. The molecule has 0 saturated carbocycles. The van der Waals surface area contributed by atoms with Crippen LogP contribution in [0.15, 0.2) is 41.2 Å². The number of imidazole rings is 1. The van der Waals surface area contributed by atoms with Gasteiger partial charge in [0.1, 0.15) is 11.6 Å². The molecule has 0 bridgehead atoms.